The minimum Gasteiger partial charge on any atom is -0.455 e. The van der Waals surface area contributed by atoms with Gasteiger partial charge in [0.05, 0.1) is 0 Å². The van der Waals surface area contributed by atoms with Gasteiger partial charge in [-0.15, -0.1) is 0 Å². The lowest BCUT2D eigenvalue weighted by Gasteiger charge is -2.12. The molecule has 0 aliphatic heterocycles. The van der Waals surface area contributed by atoms with E-state index in [1.54, 1.807) is 6.20 Å². The summed E-state index contributed by atoms with van der Waals surface area (Å²) in [4.78, 5) is 13.7. The van der Waals surface area contributed by atoms with Gasteiger partial charge in [-0.1, -0.05) is 18.2 Å². The first-order chi connectivity index (χ1) is 8.08. The van der Waals surface area contributed by atoms with Gasteiger partial charge in [-0.3, -0.25) is 4.79 Å². The highest BCUT2D eigenvalue weighted by atomic mass is 16.5. The van der Waals surface area contributed by atoms with Gasteiger partial charge in [0.15, 0.2) is 0 Å². The van der Waals surface area contributed by atoms with Crippen LogP contribution >= 0.6 is 0 Å². The number of aryl methyl sites for hydroxylation is 3. The van der Waals surface area contributed by atoms with Gasteiger partial charge < -0.3 is 9.72 Å². The second-order valence-electron chi connectivity index (χ2n) is 4.17. The Kier molecular flexibility index (Phi) is 3.00. The van der Waals surface area contributed by atoms with E-state index in [-0.39, 0.29) is 5.56 Å². The number of hydrogen-bond acceptors (Lipinski definition) is 2. The lowest BCUT2D eigenvalue weighted by molar-refractivity contribution is 0.468. The molecule has 2 aromatic rings. The zero-order valence-electron chi connectivity index (χ0n) is 10.2. The molecule has 0 aliphatic rings. The summed E-state index contributed by atoms with van der Waals surface area (Å²) < 4.78 is 5.86. The predicted molar refractivity (Wildman–Crippen MR) is 67.8 cm³/mol. The third-order valence-corrected chi connectivity index (χ3v) is 2.70. The molecule has 0 unspecified atom stereocenters. The summed E-state index contributed by atoms with van der Waals surface area (Å²) in [7, 11) is 0. The molecule has 3 heteroatoms. The Labute approximate surface area is 100 Å². The monoisotopic (exact) mass is 229 g/mol. The van der Waals surface area contributed by atoms with E-state index in [1.807, 2.05) is 39.0 Å². The molecular weight excluding hydrogens is 214 g/mol. The number of benzene rings is 1. The van der Waals surface area contributed by atoms with Gasteiger partial charge in [-0.05, 0) is 37.5 Å². The zero-order valence-corrected chi connectivity index (χ0v) is 10.2. The number of nitrogens with one attached hydrogen (secondary N) is 1. The van der Waals surface area contributed by atoms with Crippen LogP contribution in [-0.2, 0) is 0 Å². The molecule has 0 saturated carbocycles. The van der Waals surface area contributed by atoms with Gasteiger partial charge >= 0.3 is 0 Å². The molecule has 0 atom stereocenters. The third-order valence-electron chi connectivity index (χ3n) is 2.70. The second-order valence-corrected chi connectivity index (χ2v) is 4.17. The van der Waals surface area contributed by atoms with E-state index in [2.05, 4.69) is 4.98 Å². The normalized spacial score (nSPS) is 10.3. The Balaban J connectivity index is 2.41. The Bertz CT molecular complexity index is 579. The Morgan fingerprint density at radius 1 is 1.06 bits per heavy atom. The first-order valence-electron chi connectivity index (χ1n) is 5.51. The number of para-hydroxylation sites is 1. The summed E-state index contributed by atoms with van der Waals surface area (Å²) in [5.41, 5.74) is 2.87. The molecule has 88 valence electrons. The Hall–Kier alpha value is -2.03. The van der Waals surface area contributed by atoms with Crippen LogP contribution < -0.4 is 10.3 Å². The predicted octanol–water partition coefficient (Wildman–Crippen LogP) is 3.09. The summed E-state index contributed by atoms with van der Waals surface area (Å²) >= 11 is 0. The van der Waals surface area contributed by atoms with Crippen LogP contribution in [0.15, 0.2) is 35.3 Å². The van der Waals surface area contributed by atoms with E-state index in [4.69, 9.17) is 4.74 Å². The van der Waals surface area contributed by atoms with Crippen molar-refractivity contribution in [2.24, 2.45) is 0 Å². The second kappa shape index (κ2) is 4.45. The first-order valence-corrected chi connectivity index (χ1v) is 5.51. The Morgan fingerprint density at radius 3 is 2.29 bits per heavy atom. The number of ether oxygens (including phenoxy) is 1. The molecule has 0 bridgehead atoms. The standard InChI is InChI=1S/C14H15NO2/c1-9-5-4-6-10(2)14(9)17-12-8-15-13(16)7-11(12)3/h4-8H,1-3H3,(H,15,16). The lowest BCUT2D eigenvalue weighted by Crippen LogP contribution is -2.04. The van der Waals surface area contributed by atoms with Crippen LogP contribution in [-0.4, -0.2) is 4.98 Å². The molecule has 3 nitrogen and oxygen atoms in total. The van der Waals surface area contributed by atoms with Crippen LogP contribution in [0, 0.1) is 20.8 Å². The van der Waals surface area contributed by atoms with Crippen molar-refractivity contribution >= 4 is 0 Å². The van der Waals surface area contributed by atoms with Crippen molar-refractivity contribution in [2.75, 3.05) is 0 Å². The van der Waals surface area contributed by atoms with Crippen molar-refractivity contribution < 1.29 is 4.74 Å². The van der Waals surface area contributed by atoms with E-state index in [1.165, 1.54) is 6.07 Å². The number of hydrogen-bond donors (Lipinski definition) is 1. The molecule has 0 saturated heterocycles. The van der Waals surface area contributed by atoms with Crippen LogP contribution in [0.2, 0.25) is 0 Å². The summed E-state index contributed by atoms with van der Waals surface area (Å²) in [6.45, 7) is 5.87. The van der Waals surface area contributed by atoms with Crippen molar-refractivity contribution in [1.82, 2.24) is 4.98 Å². The van der Waals surface area contributed by atoms with Crippen molar-refractivity contribution in [3.63, 3.8) is 0 Å². The molecule has 1 heterocycles. The van der Waals surface area contributed by atoms with Gasteiger partial charge in [0.25, 0.3) is 0 Å². The lowest BCUT2D eigenvalue weighted by atomic mass is 10.1. The molecular formula is C14H15NO2. The molecule has 1 aromatic heterocycles. The molecule has 0 fully saturated rings. The fraction of sp³-hybridized carbons (Fsp3) is 0.214. The van der Waals surface area contributed by atoms with E-state index in [0.717, 1.165) is 22.4 Å². The molecule has 0 amide bonds. The molecule has 17 heavy (non-hydrogen) atoms. The maximum Gasteiger partial charge on any atom is 0.248 e. The maximum absolute atomic E-state index is 11.1. The van der Waals surface area contributed by atoms with E-state index < -0.39 is 0 Å². The van der Waals surface area contributed by atoms with Crippen molar-refractivity contribution in [2.45, 2.75) is 20.8 Å². The highest BCUT2D eigenvalue weighted by molar-refractivity contribution is 5.44. The quantitative estimate of drug-likeness (QED) is 0.859. The van der Waals surface area contributed by atoms with Crippen molar-refractivity contribution in [1.29, 1.82) is 0 Å². The van der Waals surface area contributed by atoms with Crippen LogP contribution in [0.4, 0.5) is 0 Å². The minimum absolute atomic E-state index is 0.114. The van der Waals surface area contributed by atoms with E-state index >= 15 is 0 Å². The van der Waals surface area contributed by atoms with Gasteiger partial charge in [-0.2, -0.15) is 0 Å². The average Bonchev–Trinajstić information content (AvgIpc) is 2.26. The van der Waals surface area contributed by atoms with Gasteiger partial charge in [0.1, 0.15) is 11.5 Å². The van der Waals surface area contributed by atoms with Gasteiger partial charge in [-0.25, -0.2) is 0 Å². The first kappa shape index (κ1) is 11.5. The highest BCUT2D eigenvalue weighted by Gasteiger charge is 2.07. The average molecular weight is 229 g/mol. The summed E-state index contributed by atoms with van der Waals surface area (Å²) in [5.74, 6) is 1.53. The molecule has 1 N–H and O–H groups in total. The minimum atomic E-state index is -0.114. The topological polar surface area (TPSA) is 42.1 Å². The van der Waals surface area contributed by atoms with Crippen LogP contribution in [0.5, 0.6) is 11.5 Å². The molecule has 1 aromatic carbocycles. The number of aromatic amines is 1. The molecule has 0 spiro atoms. The van der Waals surface area contributed by atoms with Crippen molar-refractivity contribution in [3.05, 3.63) is 57.5 Å². The van der Waals surface area contributed by atoms with Gasteiger partial charge in [0, 0.05) is 12.3 Å². The number of aromatic nitrogens is 1. The van der Waals surface area contributed by atoms with Crippen molar-refractivity contribution in [3.8, 4) is 11.5 Å². The fourth-order valence-corrected chi connectivity index (χ4v) is 1.74. The van der Waals surface area contributed by atoms with E-state index in [0.29, 0.717) is 5.75 Å². The smallest absolute Gasteiger partial charge is 0.248 e. The highest BCUT2D eigenvalue weighted by Crippen LogP contribution is 2.29. The fourth-order valence-electron chi connectivity index (χ4n) is 1.74. The van der Waals surface area contributed by atoms with Crippen LogP contribution in [0.1, 0.15) is 16.7 Å². The Morgan fingerprint density at radius 2 is 1.71 bits per heavy atom. The summed E-state index contributed by atoms with van der Waals surface area (Å²) in [5, 5.41) is 0. The SMILES string of the molecule is Cc1cc(=O)[nH]cc1Oc1c(C)cccc1C. The number of pyridine rings is 1. The van der Waals surface area contributed by atoms with Crippen LogP contribution in [0.25, 0.3) is 0 Å². The maximum atomic E-state index is 11.1. The summed E-state index contributed by atoms with van der Waals surface area (Å²) in [6.07, 6.45) is 1.60. The van der Waals surface area contributed by atoms with Crippen LogP contribution in [0.3, 0.4) is 0 Å². The largest absolute Gasteiger partial charge is 0.455 e. The summed E-state index contributed by atoms with van der Waals surface area (Å²) in [6, 6.07) is 7.53. The molecule has 0 radical (unpaired) electrons. The number of rotatable bonds is 2. The third kappa shape index (κ3) is 2.38. The van der Waals surface area contributed by atoms with Gasteiger partial charge in [0.2, 0.25) is 5.56 Å². The number of H-pyrrole nitrogens is 1. The molecule has 0 aliphatic carbocycles. The molecule has 2 rings (SSSR count). The zero-order chi connectivity index (χ0) is 12.4. The van der Waals surface area contributed by atoms with E-state index in [9.17, 15) is 4.79 Å².